The largest absolute Gasteiger partial charge is 0.522 e. The second-order valence-corrected chi connectivity index (χ2v) is 4.17. The first-order chi connectivity index (χ1) is 7.38. The second kappa shape index (κ2) is 5.75. The Kier molecular flexibility index (Phi) is 4.89. The van der Waals surface area contributed by atoms with E-state index in [0.717, 1.165) is 4.47 Å². The van der Waals surface area contributed by atoms with E-state index < -0.39 is 13.0 Å². The van der Waals surface area contributed by atoms with Gasteiger partial charge >= 0.3 is 6.36 Å². The minimum Gasteiger partial charge on any atom is -0.382 e. The first kappa shape index (κ1) is 13.6. The van der Waals surface area contributed by atoms with Crippen molar-refractivity contribution >= 4 is 33.2 Å². The van der Waals surface area contributed by atoms with Gasteiger partial charge in [0.05, 0.1) is 17.3 Å². The van der Waals surface area contributed by atoms with Crippen LogP contribution in [0.2, 0.25) is 5.02 Å². The van der Waals surface area contributed by atoms with E-state index in [-0.39, 0.29) is 6.54 Å². The molecular weight excluding hydrogens is 310 g/mol. The molecule has 90 valence electrons. The van der Waals surface area contributed by atoms with Gasteiger partial charge in [0.1, 0.15) is 0 Å². The molecule has 0 heterocycles. The van der Waals surface area contributed by atoms with Crippen molar-refractivity contribution in [2.45, 2.75) is 6.36 Å². The molecule has 2 nitrogen and oxygen atoms in total. The summed E-state index contributed by atoms with van der Waals surface area (Å²) in [5, 5.41) is 3.17. The lowest BCUT2D eigenvalue weighted by Gasteiger charge is -2.10. The number of halogens is 5. The monoisotopic (exact) mass is 317 g/mol. The van der Waals surface area contributed by atoms with Crippen molar-refractivity contribution in [2.24, 2.45) is 0 Å². The SMILES string of the molecule is FC(F)(F)OCCNc1ccc(Br)cc1Cl. The topological polar surface area (TPSA) is 21.3 Å². The Hall–Kier alpha value is -0.460. The second-order valence-electron chi connectivity index (χ2n) is 2.85. The molecule has 0 amide bonds. The fourth-order valence-corrected chi connectivity index (χ4v) is 1.73. The summed E-state index contributed by atoms with van der Waals surface area (Å²) in [5.74, 6) is 0. The lowest BCUT2D eigenvalue weighted by atomic mass is 10.3. The van der Waals surface area contributed by atoms with Gasteiger partial charge in [-0.3, -0.25) is 4.74 Å². The normalized spacial score (nSPS) is 11.6. The summed E-state index contributed by atoms with van der Waals surface area (Å²) < 4.78 is 39.3. The molecule has 0 saturated heterocycles. The zero-order valence-corrected chi connectivity index (χ0v) is 10.3. The van der Waals surface area contributed by atoms with Crippen molar-refractivity contribution in [3.05, 3.63) is 27.7 Å². The van der Waals surface area contributed by atoms with Crippen LogP contribution in [0.5, 0.6) is 0 Å². The van der Waals surface area contributed by atoms with Gasteiger partial charge in [-0.2, -0.15) is 0 Å². The molecular formula is C9H8BrClF3NO. The third-order valence-electron chi connectivity index (χ3n) is 1.61. The molecule has 7 heteroatoms. The number of rotatable bonds is 4. The summed E-state index contributed by atoms with van der Waals surface area (Å²) >= 11 is 9.06. The minimum absolute atomic E-state index is 0.0286. The molecule has 1 N–H and O–H groups in total. The molecule has 0 aliphatic heterocycles. The zero-order chi connectivity index (χ0) is 12.2. The van der Waals surface area contributed by atoms with Gasteiger partial charge < -0.3 is 5.32 Å². The quantitative estimate of drug-likeness (QED) is 0.846. The highest BCUT2D eigenvalue weighted by Crippen LogP contribution is 2.25. The number of hydrogen-bond donors (Lipinski definition) is 1. The van der Waals surface area contributed by atoms with Gasteiger partial charge in [-0.1, -0.05) is 27.5 Å². The summed E-state index contributed by atoms with van der Waals surface area (Å²) in [5.41, 5.74) is 0.565. The average Bonchev–Trinajstić information content (AvgIpc) is 2.13. The van der Waals surface area contributed by atoms with Crippen LogP contribution in [0.4, 0.5) is 18.9 Å². The summed E-state index contributed by atoms with van der Waals surface area (Å²) in [7, 11) is 0. The summed E-state index contributed by atoms with van der Waals surface area (Å²) in [6, 6.07) is 5.05. The maximum absolute atomic E-state index is 11.6. The fourth-order valence-electron chi connectivity index (χ4n) is 0.985. The third-order valence-corrected chi connectivity index (χ3v) is 2.42. The molecule has 0 bridgehead atoms. The summed E-state index contributed by atoms with van der Waals surface area (Å²) in [6.45, 7) is -0.434. The van der Waals surface area contributed by atoms with Gasteiger partial charge in [-0.05, 0) is 18.2 Å². The number of nitrogens with one attached hydrogen (secondary N) is 1. The molecule has 0 aliphatic carbocycles. The fraction of sp³-hybridized carbons (Fsp3) is 0.333. The Bertz CT molecular complexity index is 359. The Morgan fingerprint density at radius 3 is 2.62 bits per heavy atom. The average molecular weight is 319 g/mol. The van der Waals surface area contributed by atoms with Gasteiger partial charge in [-0.15, -0.1) is 13.2 Å². The third kappa shape index (κ3) is 5.05. The first-order valence-electron chi connectivity index (χ1n) is 4.28. The molecule has 1 rings (SSSR count). The molecule has 1 aromatic carbocycles. The lowest BCUT2D eigenvalue weighted by molar-refractivity contribution is -0.322. The van der Waals surface area contributed by atoms with Gasteiger partial charge in [-0.25, -0.2) is 0 Å². The number of anilines is 1. The van der Waals surface area contributed by atoms with E-state index in [9.17, 15) is 13.2 Å². The first-order valence-corrected chi connectivity index (χ1v) is 5.45. The van der Waals surface area contributed by atoms with Crippen molar-refractivity contribution < 1.29 is 17.9 Å². The van der Waals surface area contributed by atoms with E-state index in [1.807, 2.05) is 0 Å². The van der Waals surface area contributed by atoms with Gasteiger partial charge in [0, 0.05) is 11.0 Å². The standard InChI is InChI=1S/C9H8BrClF3NO/c10-6-1-2-8(7(11)5-6)15-3-4-16-9(12,13)14/h1-2,5,15H,3-4H2. The van der Waals surface area contributed by atoms with E-state index in [1.165, 1.54) is 0 Å². The highest BCUT2D eigenvalue weighted by Gasteiger charge is 2.28. The Labute approximate surface area is 104 Å². The van der Waals surface area contributed by atoms with E-state index in [2.05, 4.69) is 26.0 Å². The van der Waals surface area contributed by atoms with Crippen LogP contribution in [0.15, 0.2) is 22.7 Å². The summed E-state index contributed by atoms with van der Waals surface area (Å²) in [6.07, 6.45) is -4.59. The highest BCUT2D eigenvalue weighted by atomic mass is 79.9. The van der Waals surface area contributed by atoms with E-state index in [4.69, 9.17) is 11.6 Å². The van der Waals surface area contributed by atoms with Crippen LogP contribution in [-0.4, -0.2) is 19.5 Å². The molecule has 0 spiro atoms. The number of hydrogen-bond acceptors (Lipinski definition) is 2. The molecule has 0 radical (unpaired) electrons. The van der Waals surface area contributed by atoms with E-state index in [0.29, 0.717) is 10.7 Å². The van der Waals surface area contributed by atoms with Crippen molar-refractivity contribution in [2.75, 3.05) is 18.5 Å². The molecule has 0 atom stereocenters. The van der Waals surface area contributed by atoms with Crippen LogP contribution in [0.3, 0.4) is 0 Å². The number of ether oxygens (including phenoxy) is 1. The molecule has 0 fully saturated rings. The van der Waals surface area contributed by atoms with Crippen molar-refractivity contribution in [1.82, 2.24) is 0 Å². The van der Waals surface area contributed by atoms with Crippen LogP contribution < -0.4 is 5.32 Å². The molecule has 0 saturated carbocycles. The Morgan fingerprint density at radius 2 is 2.06 bits per heavy atom. The smallest absolute Gasteiger partial charge is 0.382 e. The zero-order valence-electron chi connectivity index (χ0n) is 7.94. The van der Waals surface area contributed by atoms with Crippen LogP contribution in [0, 0.1) is 0 Å². The van der Waals surface area contributed by atoms with Crippen LogP contribution in [0.25, 0.3) is 0 Å². The maximum atomic E-state index is 11.6. The molecule has 0 aromatic heterocycles. The van der Waals surface area contributed by atoms with E-state index in [1.54, 1.807) is 18.2 Å². The van der Waals surface area contributed by atoms with Crippen LogP contribution >= 0.6 is 27.5 Å². The van der Waals surface area contributed by atoms with Gasteiger partial charge in [0.15, 0.2) is 0 Å². The number of alkyl halides is 3. The Morgan fingerprint density at radius 1 is 1.38 bits per heavy atom. The van der Waals surface area contributed by atoms with Crippen molar-refractivity contribution in [3.8, 4) is 0 Å². The van der Waals surface area contributed by atoms with Crippen molar-refractivity contribution in [3.63, 3.8) is 0 Å². The summed E-state index contributed by atoms with van der Waals surface area (Å²) in [4.78, 5) is 0. The molecule has 16 heavy (non-hydrogen) atoms. The lowest BCUT2D eigenvalue weighted by Crippen LogP contribution is -2.19. The van der Waals surface area contributed by atoms with Gasteiger partial charge in [0.25, 0.3) is 0 Å². The predicted molar refractivity (Wildman–Crippen MR) is 59.6 cm³/mol. The van der Waals surface area contributed by atoms with Crippen LogP contribution in [-0.2, 0) is 4.74 Å². The molecule has 1 aromatic rings. The molecule has 0 aliphatic rings. The predicted octanol–water partition coefficient (Wildman–Crippen LogP) is 4.05. The number of benzene rings is 1. The van der Waals surface area contributed by atoms with Crippen LogP contribution in [0.1, 0.15) is 0 Å². The highest BCUT2D eigenvalue weighted by molar-refractivity contribution is 9.10. The van der Waals surface area contributed by atoms with Gasteiger partial charge in [0.2, 0.25) is 0 Å². The minimum atomic E-state index is -4.59. The maximum Gasteiger partial charge on any atom is 0.522 e. The Balaban J connectivity index is 2.38. The molecule has 0 unspecified atom stereocenters. The van der Waals surface area contributed by atoms with Crippen molar-refractivity contribution in [1.29, 1.82) is 0 Å². The van der Waals surface area contributed by atoms with E-state index >= 15 is 0 Å².